The molecule has 4 heterocycles. The van der Waals surface area contributed by atoms with E-state index in [-0.39, 0.29) is 36.9 Å². The average molecular weight is 614 g/mol. The summed E-state index contributed by atoms with van der Waals surface area (Å²) in [6, 6.07) is 14.2. The zero-order valence-electron chi connectivity index (χ0n) is 24.1. The molecule has 2 aromatic heterocycles. The first kappa shape index (κ1) is 31.5. The van der Waals surface area contributed by atoms with Crippen LogP contribution in [0.5, 0.6) is 23.5 Å². The molecule has 2 aromatic carbocycles. The van der Waals surface area contributed by atoms with Crippen LogP contribution in [0.1, 0.15) is 49.0 Å². The first-order chi connectivity index (χ1) is 21.8. The number of methoxy groups -OCH3 is 1. The molecular weight excluding hydrogens is 586 g/mol. The second-order valence-corrected chi connectivity index (χ2v) is 9.85. The lowest BCUT2D eigenvalue weighted by molar-refractivity contribution is -0.141. The van der Waals surface area contributed by atoms with Crippen LogP contribution >= 0.6 is 0 Å². The Morgan fingerprint density at radius 3 is 1.62 bits per heavy atom. The van der Waals surface area contributed by atoms with E-state index >= 15 is 0 Å². The van der Waals surface area contributed by atoms with E-state index in [4.69, 9.17) is 23.9 Å². The Morgan fingerprint density at radius 1 is 0.756 bits per heavy atom. The van der Waals surface area contributed by atoms with Gasteiger partial charge in [0.25, 0.3) is 0 Å². The number of carboxylic acids is 1. The molecular formula is C29H28B2N4O10. The van der Waals surface area contributed by atoms with E-state index in [0.717, 1.165) is 11.1 Å². The Hall–Kier alpha value is -4.89. The molecule has 230 valence electrons. The van der Waals surface area contributed by atoms with E-state index in [1.807, 2.05) is 6.07 Å². The SMILES string of the molecule is COC(=O)CCC1OB(O)c2cc(Oc3ncccn3)ccc21.O=C(O)CCC1OB(O)c2cc(Oc3ncccn3)ccc21. The van der Waals surface area contributed by atoms with Crippen LogP contribution in [-0.2, 0) is 23.6 Å². The summed E-state index contributed by atoms with van der Waals surface area (Å²) in [6.07, 6.45) is 6.47. The van der Waals surface area contributed by atoms with Crippen molar-refractivity contribution in [2.24, 2.45) is 0 Å². The summed E-state index contributed by atoms with van der Waals surface area (Å²) in [5.41, 5.74) is 2.80. The van der Waals surface area contributed by atoms with E-state index in [9.17, 15) is 19.6 Å². The first-order valence-corrected chi connectivity index (χ1v) is 13.9. The average Bonchev–Trinajstić information content (AvgIpc) is 3.54. The van der Waals surface area contributed by atoms with Crippen molar-refractivity contribution in [3.8, 4) is 23.5 Å². The van der Waals surface area contributed by atoms with Gasteiger partial charge in [-0.2, -0.15) is 0 Å². The summed E-state index contributed by atoms with van der Waals surface area (Å²) in [4.78, 5) is 37.8. The second-order valence-electron chi connectivity index (χ2n) is 9.85. The number of aliphatic carboxylic acids is 1. The van der Waals surface area contributed by atoms with Gasteiger partial charge >= 0.3 is 38.2 Å². The predicted molar refractivity (Wildman–Crippen MR) is 158 cm³/mol. The van der Waals surface area contributed by atoms with E-state index in [0.29, 0.717) is 35.3 Å². The van der Waals surface area contributed by atoms with Crippen LogP contribution in [0.4, 0.5) is 0 Å². The largest absolute Gasteiger partial charge is 0.492 e. The van der Waals surface area contributed by atoms with E-state index in [1.165, 1.54) is 7.11 Å². The Kier molecular flexibility index (Phi) is 10.3. The Morgan fingerprint density at radius 2 is 1.20 bits per heavy atom. The Labute approximate surface area is 258 Å². The summed E-state index contributed by atoms with van der Waals surface area (Å²) in [6.45, 7) is 0. The summed E-state index contributed by atoms with van der Waals surface area (Å²) >= 11 is 0. The number of ether oxygens (including phenoxy) is 3. The molecule has 0 spiro atoms. The van der Waals surface area contributed by atoms with Crippen LogP contribution in [0.25, 0.3) is 0 Å². The standard InChI is InChI=1S/C15H15BN2O5.C14H13BN2O5/c1-21-14(19)6-5-13-11-4-3-10(9-12(11)16(20)23-13)22-15-17-7-2-8-18-15;18-13(19)5-4-12-10-3-2-9(8-11(10)15(20)22-12)21-14-16-6-1-7-17-14/h2-4,7-9,13,20H,5-6H2,1H3;1-3,6-8,12,20H,4-5H2,(H,18,19). The van der Waals surface area contributed by atoms with Gasteiger partial charge in [-0.15, -0.1) is 0 Å². The third kappa shape index (κ3) is 8.19. The number of carboxylic acid groups (broad SMARTS) is 1. The molecule has 0 saturated heterocycles. The van der Waals surface area contributed by atoms with Gasteiger partial charge in [0.15, 0.2) is 0 Å². The molecule has 6 rings (SSSR count). The monoisotopic (exact) mass is 614 g/mol. The van der Waals surface area contributed by atoms with Gasteiger partial charge < -0.3 is 38.7 Å². The fraction of sp³-hybridized carbons (Fsp3) is 0.241. The maximum Gasteiger partial charge on any atom is 0.492 e. The lowest BCUT2D eigenvalue weighted by Gasteiger charge is -2.11. The highest BCUT2D eigenvalue weighted by atomic mass is 16.5. The molecule has 0 saturated carbocycles. The van der Waals surface area contributed by atoms with Gasteiger partial charge in [0.2, 0.25) is 0 Å². The Balaban J connectivity index is 0.000000178. The molecule has 0 amide bonds. The van der Waals surface area contributed by atoms with E-state index in [1.54, 1.807) is 67.3 Å². The minimum atomic E-state index is -1.09. The molecule has 14 nitrogen and oxygen atoms in total. The van der Waals surface area contributed by atoms with Crippen molar-refractivity contribution in [2.75, 3.05) is 7.11 Å². The lowest BCUT2D eigenvalue weighted by Crippen LogP contribution is -2.28. The van der Waals surface area contributed by atoms with Gasteiger partial charge in [0, 0.05) is 37.6 Å². The van der Waals surface area contributed by atoms with Crippen LogP contribution in [0.3, 0.4) is 0 Å². The van der Waals surface area contributed by atoms with Gasteiger partial charge in [0.1, 0.15) is 11.5 Å². The zero-order valence-corrected chi connectivity index (χ0v) is 24.1. The van der Waals surface area contributed by atoms with E-state index in [2.05, 4.69) is 24.7 Å². The fourth-order valence-corrected chi connectivity index (χ4v) is 4.79. The van der Waals surface area contributed by atoms with Crippen molar-refractivity contribution >= 4 is 37.1 Å². The number of esters is 1. The number of carbonyl (C=O) groups is 2. The van der Waals surface area contributed by atoms with Crippen molar-refractivity contribution in [1.82, 2.24) is 19.9 Å². The highest BCUT2D eigenvalue weighted by Gasteiger charge is 2.36. The number of nitrogens with zero attached hydrogens (tertiary/aromatic N) is 4. The molecule has 2 atom stereocenters. The fourth-order valence-electron chi connectivity index (χ4n) is 4.79. The van der Waals surface area contributed by atoms with Gasteiger partial charge in [-0.1, -0.05) is 12.1 Å². The second kappa shape index (κ2) is 14.7. The summed E-state index contributed by atoms with van der Waals surface area (Å²) in [7, 11) is -0.794. The first-order valence-electron chi connectivity index (χ1n) is 13.9. The van der Waals surface area contributed by atoms with Crippen LogP contribution in [0, 0.1) is 0 Å². The van der Waals surface area contributed by atoms with Crippen molar-refractivity contribution in [1.29, 1.82) is 0 Å². The molecule has 3 N–H and O–H groups in total. The molecule has 0 fully saturated rings. The number of carbonyl (C=O) groups excluding carboxylic acids is 1. The number of aromatic nitrogens is 4. The van der Waals surface area contributed by atoms with Crippen molar-refractivity contribution in [2.45, 2.75) is 37.9 Å². The molecule has 2 aliphatic rings. The Bertz CT molecular complexity index is 1620. The smallest absolute Gasteiger partial charge is 0.481 e. The highest BCUT2D eigenvalue weighted by Crippen LogP contribution is 2.31. The summed E-state index contributed by atoms with van der Waals surface area (Å²) in [5, 5.41) is 28.7. The van der Waals surface area contributed by atoms with E-state index < -0.39 is 26.3 Å². The normalized spacial score (nSPS) is 16.2. The van der Waals surface area contributed by atoms with Crippen molar-refractivity contribution in [3.63, 3.8) is 0 Å². The molecule has 2 unspecified atom stereocenters. The number of hydrogen-bond acceptors (Lipinski definition) is 13. The van der Waals surface area contributed by atoms with Crippen molar-refractivity contribution in [3.05, 3.63) is 84.4 Å². The molecule has 0 radical (unpaired) electrons. The van der Waals surface area contributed by atoms with Crippen LogP contribution in [-0.4, -0.2) is 68.4 Å². The molecule has 2 aliphatic heterocycles. The zero-order chi connectivity index (χ0) is 31.8. The van der Waals surface area contributed by atoms with Crippen LogP contribution < -0.4 is 20.4 Å². The quantitative estimate of drug-likeness (QED) is 0.173. The summed E-state index contributed by atoms with van der Waals surface area (Å²) < 4.78 is 26.5. The third-order valence-electron chi connectivity index (χ3n) is 6.89. The minimum absolute atomic E-state index is 0.0209. The van der Waals surface area contributed by atoms with Gasteiger partial charge in [-0.3, -0.25) is 9.59 Å². The molecule has 0 aliphatic carbocycles. The van der Waals surface area contributed by atoms with Gasteiger partial charge in [-0.25, -0.2) is 19.9 Å². The highest BCUT2D eigenvalue weighted by molar-refractivity contribution is 6.62. The van der Waals surface area contributed by atoms with Crippen LogP contribution in [0.15, 0.2) is 73.3 Å². The molecule has 45 heavy (non-hydrogen) atoms. The molecule has 4 aromatic rings. The van der Waals surface area contributed by atoms with Crippen LogP contribution in [0.2, 0.25) is 0 Å². The van der Waals surface area contributed by atoms with Crippen molar-refractivity contribution < 1.29 is 48.3 Å². The number of hydrogen-bond donors (Lipinski definition) is 3. The minimum Gasteiger partial charge on any atom is -0.481 e. The number of benzene rings is 2. The van der Waals surface area contributed by atoms with Gasteiger partial charge in [0.05, 0.1) is 19.3 Å². The predicted octanol–water partition coefficient (Wildman–Crippen LogP) is 1.87. The summed E-state index contributed by atoms with van der Waals surface area (Å²) in [5.74, 6) is -0.219. The topological polar surface area (TPSA) is 193 Å². The third-order valence-corrected chi connectivity index (χ3v) is 6.89. The number of fused-ring (bicyclic) bond motifs is 2. The van der Waals surface area contributed by atoms with Gasteiger partial charge in [-0.05, 0) is 71.3 Å². The molecule has 0 bridgehead atoms. The maximum atomic E-state index is 11.2. The molecule has 16 heteroatoms. The lowest BCUT2D eigenvalue weighted by atomic mass is 9.79. The number of rotatable bonds is 10. The maximum absolute atomic E-state index is 11.2.